The second kappa shape index (κ2) is 2.73. The normalized spacial score (nSPS) is 10.9. The topological polar surface area (TPSA) is 0 Å². The molecule has 0 radical (unpaired) electrons. The Labute approximate surface area is 62.4 Å². The third kappa shape index (κ3) is 2.57. The third-order valence-electron chi connectivity index (χ3n) is 0.925. The Morgan fingerprint density at radius 3 is 1.88 bits per heavy atom. The molecule has 0 amide bonds. The Morgan fingerprint density at radius 2 is 1.88 bits per heavy atom. The van der Waals surface area contributed by atoms with Crippen molar-refractivity contribution in [2.75, 3.05) is 0 Å². The first kappa shape index (κ1) is 8.30. The molecular weight excluding hydrogens is 268 g/mol. The van der Waals surface area contributed by atoms with Crippen molar-refractivity contribution in [1.29, 1.82) is 0 Å². The van der Waals surface area contributed by atoms with Crippen LogP contribution in [0.1, 0.15) is 20.8 Å². The molecule has 8 heavy (non-hydrogen) atoms. The van der Waals surface area contributed by atoms with Gasteiger partial charge in [-0.25, -0.2) is 0 Å². The van der Waals surface area contributed by atoms with Crippen molar-refractivity contribution in [1.82, 2.24) is 0 Å². The molecule has 0 heterocycles. The van der Waals surface area contributed by atoms with E-state index in [2.05, 4.69) is 27.4 Å². The van der Waals surface area contributed by atoms with Crippen LogP contribution in [-0.2, 0) is 19.4 Å². The molecule has 0 fully saturated rings. The summed E-state index contributed by atoms with van der Waals surface area (Å²) in [6.07, 6.45) is 1.95. The first-order valence-electron chi connectivity index (χ1n) is 2.65. The second-order valence-electron chi connectivity index (χ2n) is 2.82. The molecule has 1 heteroatoms. The van der Waals surface area contributed by atoms with Gasteiger partial charge in [0, 0.05) is 0 Å². The first-order chi connectivity index (χ1) is 3.48. The van der Waals surface area contributed by atoms with E-state index in [1.165, 1.54) is 23.3 Å². The van der Waals surface area contributed by atoms with Crippen molar-refractivity contribution in [3.63, 3.8) is 0 Å². The molecule has 0 bridgehead atoms. The summed E-state index contributed by atoms with van der Waals surface area (Å²) in [4.78, 5) is 0. The van der Waals surface area contributed by atoms with Crippen LogP contribution in [0.15, 0.2) is 12.7 Å². The Bertz CT molecular complexity index is 106. The van der Waals surface area contributed by atoms with Gasteiger partial charge in [0.05, 0.1) is 0 Å². The fourth-order valence-corrected chi connectivity index (χ4v) is 0.306. The Morgan fingerprint density at radius 1 is 1.50 bits per heavy atom. The molecule has 0 rings (SSSR count). The average molecular weight is 280 g/mol. The van der Waals surface area contributed by atoms with Gasteiger partial charge in [-0.1, -0.05) is 0 Å². The van der Waals surface area contributed by atoms with Gasteiger partial charge in [0.15, 0.2) is 0 Å². The summed E-state index contributed by atoms with van der Waals surface area (Å²) in [5.74, 6) is 0. The van der Waals surface area contributed by atoms with Crippen LogP contribution in [0.2, 0.25) is 0 Å². The predicted molar refractivity (Wildman–Crippen MR) is 34.7 cm³/mol. The third-order valence-corrected chi connectivity index (χ3v) is 3.72. The zero-order valence-corrected chi connectivity index (χ0v) is 8.63. The van der Waals surface area contributed by atoms with E-state index in [9.17, 15) is 0 Å². The summed E-state index contributed by atoms with van der Waals surface area (Å²) in [5, 5.41) is 0. The van der Waals surface area contributed by atoms with Crippen LogP contribution in [-0.4, -0.2) is 3.90 Å². The van der Waals surface area contributed by atoms with Gasteiger partial charge in [-0.2, -0.15) is 0 Å². The fraction of sp³-hybridized carbons (Fsp3) is 0.571. The summed E-state index contributed by atoms with van der Waals surface area (Å²) in [6, 6.07) is 0. The van der Waals surface area contributed by atoms with Crippen molar-refractivity contribution in [3.8, 4) is 0 Å². The molecule has 46 valence electrons. The Balaban J connectivity index is 4.02. The number of rotatable bonds is 1. The van der Waals surface area contributed by atoms with E-state index in [-0.39, 0.29) is 0 Å². The molecule has 0 aliphatic carbocycles. The molecule has 0 N–H and O–H groups in total. The molecule has 0 aliphatic rings. The van der Waals surface area contributed by atoms with Crippen molar-refractivity contribution in [3.05, 3.63) is 12.7 Å². The summed E-state index contributed by atoms with van der Waals surface area (Å²) >= 11 is 1.53. The van der Waals surface area contributed by atoms with Gasteiger partial charge in [-0.3, -0.25) is 0 Å². The van der Waals surface area contributed by atoms with E-state index in [1.807, 2.05) is 6.08 Å². The molecule has 0 aromatic rings. The summed E-state index contributed by atoms with van der Waals surface area (Å²) in [5.41, 5.74) is 0.344. The van der Waals surface area contributed by atoms with Gasteiger partial charge >= 0.3 is 62.1 Å². The van der Waals surface area contributed by atoms with Gasteiger partial charge < -0.3 is 0 Å². The molecule has 0 saturated heterocycles. The minimum atomic E-state index is 0.344. The van der Waals surface area contributed by atoms with Crippen LogP contribution >= 0.6 is 0 Å². The van der Waals surface area contributed by atoms with Gasteiger partial charge in [-0.15, -0.1) is 0 Å². The molecule has 0 spiro atoms. The SMILES string of the molecule is C=C[C](=[W])C(C)(C)C. The van der Waals surface area contributed by atoms with Gasteiger partial charge in [-0.05, 0) is 0 Å². The summed E-state index contributed by atoms with van der Waals surface area (Å²) in [7, 11) is 0. The monoisotopic (exact) mass is 280 g/mol. The van der Waals surface area contributed by atoms with Crippen LogP contribution in [0, 0.1) is 5.41 Å². The van der Waals surface area contributed by atoms with Crippen molar-refractivity contribution in [2.45, 2.75) is 20.8 Å². The maximum atomic E-state index is 3.71. The van der Waals surface area contributed by atoms with E-state index in [4.69, 9.17) is 0 Å². The van der Waals surface area contributed by atoms with Gasteiger partial charge in [0.1, 0.15) is 0 Å². The second-order valence-corrected chi connectivity index (χ2v) is 4.40. The molecule has 0 aromatic heterocycles. The maximum absolute atomic E-state index is 3.71. The fourth-order valence-electron chi connectivity index (χ4n) is 0.306. The van der Waals surface area contributed by atoms with E-state index in [1.54, 1.807) is 0 Å². The molecule has 0 atom stereocenters. The van der Waals surface area contributed by atoms with E-state index >= 15 is 0 Å². The Hall–Kier alpha value is 0.298. The number of hydrogen-bond acceptors (Lipinski definition) is 0. The molecule has 0 unspecified atom stereocenters. The molecule has 0 aliphatic heterocycles. The van der Waals surface area contributed by atoms with Crippen LogP contribution in [0.3, 0.4) is 0 Å². The van der Waals surface area contributed by atoms with Crippen LogP contribution in [0.25, 0.3) is 0 Å². The van der Waals surface area contributed by atoms with Gasteiger partial charge in [0.2, 0.25) is 0 Å². The molecule has 0 nitrogen and oxygen atoms in total. The van der Waals surface area contributed by atoms with E-state index < -0.39 is 0 Å². The van der Waals surface area contributed by atoms with Crippen LogP contribution < -0.4 is 0 Å². The van der Waals surface area contributed by atoms with Gasteiger partial charge in [0.25, 0.3) is 0 Å². The van der Waals surface area contributed by atoms with E-state index in [0.29, 0.717) is 5.41 Å². The summed E-state index contributed by atoms with van der Waals surface area (Å²) in [6.45, 7) is 10.3. The number of allylic oxidation sites excluding steroid dienone is 1. The quantitative estimate of drug-likeness (QED) is 0.688. The average Bonchev–Trinajstić information content (AvgIpc) is 1.62. The Kier molecular flexibility index (Phi) is 2.83. The van der Waals surface area contributed by atoms with Crippen molar-refractivity contribution < 1.29 is 19.4 Å². The summed E-state index contributed by atoms with van der Waals surface area (Å²) < 4.78 is 1.43. The van der Waals surface area contributed by atoms with Crippen LogP contribution in [0.5, 0.6) is 0 Å². The predicted octanol–water partition coefficient (Wildman–Crippen LogP) is 1.94. The van der Waals surface area contributed by atoms with E-state index in [0.717, 1.165) is 0 Å². The standard InChI is InChI=1S/C7H12.W/c1-5-6-7(2,3)4;/h5H,1H2,2-4H3;. The zero-order valence-electron chi connectivity index (χ0n) is 5.69. The minimum absolute atomic E-state index is 0.344. The first-order valence-corrected chi connectivity index (χ1v) is 4.12. The molecular formula is C7H12W. The van der Waals surface area contributed by atoms with Crippen LogP contribution in [0.4, 0.5) is 0 Å². The van der Waals surface area contributed by atoms with Crippen molar-refractivity contribution >= 4 is 3.90 Å². The molecule has 0 aromatic carbocycles. The molecule has 0 saturated carbocycles. The zero-order chi connectivity index (χ0) is 6.78. The number of hydrogen-bond donors (Lipinski definition) is 0. The van der Waals surface area contributed by atoms with Crippen molar-refractivity contribution in [2.24, 2.45) is 5.41 Å².